The predicted octanol–water partition coefficient (Wildman–Crippen LogP) is 4.39. The minimum Gasteiger partial charge on any atom is -0.480 e. The first-order chi connectivity index (χ1) is 15.5. The molecule has 0 fully saturated rings. The summed E-state index contributed by atoms with van der Waals surface area (Å²) in [4.78, 5) is 28.2. The molecule has 166 valence electrons. The Morgan fingerprint density at radius 1 is 1.19 bits per heavy atom. The molecule has 1 heterocycles. The lowest BCUT2D eigenvalue weighted by Gasteiger charge is -2.18. The Labute approximate surface area is 192 Å². The molecule has 0 saturated carbocycles. The van der Waals surface area contributed by atoms with Gasteiger partial charge < -0.3 is 9.67 Å². The molecule has 3 rings (SSSR count). The van der Waals surface area contributed by atoms with Gasteiger partial charge >= 0.3 is 5.97 Å². The molecule has 0 aliphatic carbocycles. The van der Waals surface area contributed by atoms with E-state index in [9.17, 15) is 14.7 Å². The lowest BCUT2D eigenvalue weighted by atomic mass is 10.00. The van der Waals surface area contributed by atoms with Gasteiger partial charge in [-0.3, -0.25) is 10.1 Å². The number of imidazole rings is 1. The summed E-state index contributed by atoms with van der Waals surface area (Å²) < 4.78 is 2.07. The van der Waals surface area contributed by atoms with Crippen molar-refractivity contribution < 1.29 is 14.7 Å². The number of hydrogen-bond acceptors (Lipinski definition) is 4. The second kappa shape index (κ2) is 11.4. The van der Waals surface area contributed by atoms with Crippen molar-refractivity contribution in [1.82, 2.24) is 14.9 Å². The first kappa shape index (κ1) is 23.5. The molecule has 0 bridgehead atoms. The Kier molecular flexibility index (Phi) is 8.40. The van der Waals surface area contributed by atoms with Crippen LogP contribution in [0.5, 0.6) is 0 Å². The Morgan fingerprint density at radius 2 is 1.91 bits per heavy atom. The molecule has 2 aromatic carbocycles. The molecular weight excluding hydrogens is 426 g/mol. The fraction of sp³-hybridized carbons (Fsp3) is 0.280. The van der Waals surface area contributed by atoms with Crippen molar-refractivity contribution in [3.8, 4) is 0 Å². The smallest absolute Gasteiger partial charge is 0.326 e. The number of benzene rings is 2. The fourth-order valence-electron chi connectivity index (χ4n) is 3.54. The van der Waals surface area contributed by atoms with E-state index in [1.807, 2.05) is 30.2 Å². The van der Waals surface area contributed by atoms with Crippen molar-refractivity contribution in [3.05, 3.63) is 88.5 Å². The van der Waals surface area contributed by atoms with Gasteiger partial charge in [-0.05, 0) is 23.6 Å². The number of aromatic nitrogens is 2. The zero-order valence-electron chi connectivity index (χ0n) is 17.9. The number of hydrogen-bond donors (Lipinski definition) is 2. The minimum absolute atomic E-state index is 0.0569. The average molecular weight is 452 g/mol. The molecule has 7 heteroatoms. The largest absolute Gasteiger partial charge is 0.480 e. The number of carbonyl (C=O) groups is 1. The van der Waals surface area contributed by atoms with Gasteiger partial charge in [0, 0.05) is 24.2 Å². The van der Waals surface area contributed by atoms with Crippen molar-refractivity contribution in [1.29, 1.82) is 0 Å². The highest BCUT2D eigenvalue weighted by atomic mass is 35.5. The molecule has 0 unspecified atom stereocenters. The molecule has 1 aromatic heterocycles. The summed E-state index contributed by atoms with van der Waals surface area (Å²) in [5.74, 6) is 1.59. The van der Waals surface area contributed by atoms with Crippen molar-refractivity contribution >= 4 is 29.1 Å². The lowest BCUT2D eigenvalue weighted by Crippen LogP contribution is -2.38. The normalized spacial score (nSPS) is 11.7. The zero-order chi connectivity index (χ0) is 22.9. The van der Waals surface area contributed by atoms with E-state index < -0.39 is 12.0 Å². The van der Waals surface area contributed by atoms with E-state index in [1.165, 1.54) is 0 Å². The number of aliphatic carboxylic acids is 1. The van der Waals surface area contributed by atoms with Crippen molar-refractivity contribution in [2.75, 3.05) is 0 Å². The highest BCUT2D eigenvalue weighted by Crippen LogP contribution is 2.20. The second-order valence-electron chi connectivity index (χ2n) is 7.48. The summed E-state index contributed by atoms with van der Waals surface area (Å²) >= 11 is 6.37. The molecule has 0 aliphatic rings. The van der Waals surface area contributed by atoms with E-state index in [0.717, 1.165) is 36.3 Å². The monoisotopic (exact) mass is 451 g/mol. The van der Waals surface area contributed by atoms with Crippen LogP contribution in [0.15, 0.2) is 60.8 Å². The zero-order valence-corrected chi connectivity index (χ0v) is 18.7. The number of aryl methyl sites for hydroxylation is 1. The third kappa shape index (κ3) is 5.74. The molecule has 0 aliphatic heterocycles. The van der Waals surface area contributed by atoms with Crippen LogP contribution in [-0.2, 0) is 29.1 Å². The molecule has 2 N–H and O–H groups in total. The standard InChI is InChI=1S/C25H26ClN3O3/c1-2-3-13-23-27-14-20(29(23)16-19-11-7-8-12-22(19)26)15-28-24(25(31)32)21(17-30)18-9-5-4-6-10-18/h4-12,14,24,28H,2-3,13,15-16H2,1H3,(H,31,32)/t24-/m0/s1. The molecule has 1 atom stereocenters. The summed E-state index contributed by atoms with van der Waals surface area (Å²) in [5.41, 5.74) is 2.36. The fourth-order valence-corrected chi connectivity index (χ4v) is 3.74. The third-order valence-corrected chi connectivity index (χ3v) is 5.65. The number of carboxylic acids is 1. The van der Waals surface area contributed by atoms with Crippen LogP contribution in [0.25, 0.3) is 5.57 Å². The van der Waals surface area contributed by atoms with E-state index in [1.54, 1.807) is 36.5 Å². The highest BCUT2D eigenvalue weighted by molar-refractivity contribution is 6.31. The van der Waals surface area contributed by atoms with Gasteiger partial charge in [0.25, 0.3) is 0 Å². The summed E-state index contributed by atoms with van der Waals surface area (Å²) in [6.45, 7) is 2.87. The van der Waals surface area contributed by atoms with Crippen molar-refractivity contribution in [3.63, 3.8) is 0 Å². The highest BCUT2D eigenvalue weighted by Gasteiger charge is 2.25. The SMILES string of the molecule is CCCCc1ncc(CN[C@H](C(=O)O)C(=C=O)c2ccccc2)n1Cc1ccccc1Cl. The lowest BCUT2D eigenvalue weighted by molar-refractivity contribution is -0.137. The third-order valence-electron chi connectivity index (χ3n) is 5.28. The molecular formula is C25H26ClN3O3. The summed E-state index contributed by atoms with van der Waals surface area (Å²) in [6, 6.07) is 15.1. The number of halogens is 1. The van der Waals surface area contributed by atoms with Crippen LogP contribution in [0.3, 0.4) is 0 Å². The second-order valence-corrected chi connectivity index (χ2v) is 7.89. The van der Waals surface area contributed by atoms with Crippen LogP contribution < -0.4 is 5.32 Å². The Morgan fingerprint density at radius 3 is 2.56 bits per heavy atom. The molecule has 0 saturated heterocycles. The molecule has 32 heavy (non-hydrogen) atoms. The van der Waals surface area contributed by atoms with Crippen LogP contribution in [0, 0.1) is 0 Å². The van der Waals surface area contributed by atoms with Crippen LogP contribution in [0.2, 0.25) is 5.02 Å². The van der Waals surface area contributed by atoms with Crippen molar-refractivity contribution in [2.24, 2.45) is 0 Å². The molecule has 0 spiro atoms. The number of nitrogens with one attached hydrogen (secondary N) is 1. The maximum absolute atomic E-state index is 12.0. The van der Waals surface area contributed by atoms with Crippen LogP contribution in [-0.4, -0.2) is 32.6 Å². The Hall–Kier alpha value is -3.18. The summed E-state index contributed by atoms with van der Waals surface area (Å²) in [7, 11) is 0. The number of unbranched alkanes of at least 4 members (excludes halogenated alkanes) is 1. The van der Waals surface area contributed by atoms with Gasteiger partial charge in [-0.2, -0.15) is 0 Å². The van der Waals surface area contributed by atoms with E-state index >= 15 is 0 Å². The van der Waals surface area contributed by atoms with E-state index in [2.05, 4.69) is 21.8 Å². The first-order valence-electron chi connectivity index (χ1n) is 10.6. The van der Waals surface area contributed by atoms with Crippen LogP contribution in [0.4, 0.5) is 0 Å². The summed E-state index contributed by atoms with van der Waals surface area (Å²) in [5, 5.41) is 13.4. The van der Waals surface area contributed by atoms with Crippen LogP contribution >= 0.6 is 11.6 Å². The molecule has 6 nitrogen and oxygen atoms in total. The number of nitrogens with zero attached hydrogens (tertiary/aromatic N) is 2. The maximum Gasteiger partial charge on any atom is 0.326 e. The molecule has 0 radical (unpaired) electrons. The molecule has 3 aromatic rings. The van der Waals surface area contributed by atoms with E-state index in [0.29, 0.717) is 17.1 Å². The van der Waals surface area contributed by atoms with Gasteiger partial charge in [-0.1, -0.05) is 73.5 Å². The summed E-state index contributed by atoms with van der Waals surface area (Å²) in [6.07, 6.45) is 4.60. The number of carbonyl (C=O) groups excluding carboxylic acids is 1. The van der Waals surface area contributed by atoms with E-state index in [-0.39, 0.29) is 12.1 Å². The maximum atomic E-state index is 12.0. The first-order valence-corrected chi connectivity index (χ1v) is 11.0. The van der Waals surface area contributed by atoms with Gasteiger partial charge in [0.1, 0.15) is 17.8 Å². The van der Waals surface area contributed by atoms with Crippen molar-refractivity contribution in [2.45, 2.75) is 45.3 Å². The quantitative estimate of drug-likeness (QED) is 0.422. The van der Waals surface area contributed by atoms with Gasteiger partial charge in [-0.25, -0.2) is 9.78 Å². The topological polar surface area (TPSA) is 84.2 Å². The van der Waals surface area contributed by atoms with Gasteiger partial charge in [0.15, 0.2) is 0 Å². The average Bonchev–Trinajstić information content (AvgIpc) is 3.18. The van der Waals surface area contributed by atoms with Gasteiger partial charge in [0.2, 0.25) is 0 Å². The predicted molar refractivity (Wildman–Crippen MR) is 125 cm³/mol. The van der Waals surface area contributed by atoms with Crippen LogP contribution in [0.1, 0.15) is 42.4 Å². The Balaban J connectivity index is 1.86. The number of carboxylic acid groups (broad SMARTS) is 1. The number of rotatable bonds is 11. The minimum atomic E-state index is -1.20. The van der Waals surface area contributed by atoms with Gasteiger partial charge in [0.05, 0.1) is 17.8 Å². The Bertz CT molecular complexity index is 1100. The van der Waals surface area contributed by atoms with Gasteiger partial charge in [-0.15, -0.1) is 0 Å². The van der Waals surface area contributed by atoms with E-state index in [4.69, 9.17) is 11.6 Å². The molecule has 0 amide bonds.